The zero-order valence-electron chi connectivity index (χ0n) is 18.1. The van der Waals surface area contributed by atoms with Crippen LogP contribution in [0.25, 0.3) is 0 Å². The Hall–Kier alpha value is -4.12. The molecule has 11 heteroatoms. The Bertz CT molecular complexity index is 1100. The number of Topliss-reactive ketones (excluding diaryl/α,β-unsaturated/α-hetero) is 1. The van der Waals surface area contributed by atoms with Crippen LogP contribution in [0.5, 0.6) is 0 Å². The number of pyridine rings is 1. The highest BCUT2D eigenvalue weighted by Gasteiger charge is 2.52. The first-order valence-electron chi connectivity index (χ1n) is 10.0. The lowest BCUT2D eigenvalue weighted by atomic mass is 9.86. The van der Waals surface area contributed by atoms with E-state index in [1.165, 1.54) is 32.6 Å². The lowest BCUT2D eigenvalue weighted by molar-refractivity contribution is -0.151. The fourth-order valence-corrected chi connectivity index (χ4v) is 3.74. The first-order chi connectivity index (χ1) is 15.7. The summed E-state index contributed by atoms with van der Waals surface area (Å²) in [5.74, 6) is 2.20. The number of ketones is 1. The number of urea groups is 1. The number of hydrogen-bond acceptors (Lipinski definition) is 8. The molecule has 1 aromatic heterocycles. The normalized spacial score (nSPS) is 20.0. The van der Waals surface area contributed by atoms with Crippen molar-refractivity contribution in [3.05, 3.63) is 65.5 Å². The van der Waals surface area contributed by atoms with Gasteiger partial charge in [0.15, 0.2) is 11.3 Å². The minimum Gasteiger partial charge on any atom is -0.480 e. The number of amides is 3. The molecule has 11 nitrogen and oxygen atoms in total. The standard InChI is InChI=1S/C22H24N6O5/c1-21(16-7-5-14(6-8-16)12-26-23)18(30)28(20(33)27-21)13-17(29)22(24-2,19(31)32)10-15-4-3-9-25-11-15/h3-9,11-12,24H,10,13,23H2,1-2H3,(H,27,33)(H,31,32)/b26-12+. The van der Waals surface area contributed by atoms with Crippen LogP contribution in [0.4, 0.5) is 4.79 Å². The Morgan fingerprint density at radius 1 is 1.30 bits per heavy atom. The first-order valence-corrected chi connectivity index (χ1v) is 10.0. The van der Waals surface area contributed by atoms with Crippen LogP contribution in [0.3, 0.4) is 0 Å². The van der Waals surface area contributed by atoms with Gasteiger partial charge in [0.25, 0.3) is 5.91 Å². The molecule has 2 atom stereocenters. The van der Waals surface area contributed by atoms with E-state index in [-0.39, 0.29) is 6.42 Å². The van der Waals surface area contributed by atoms with Gasteiger partial charge in [-0.3, -0.25) is 24.8 Å². The molecule has 1 fully saturated rings. The van der Waals surface area contributed by atoms with Crippen molar-refractivity contribution in [3.8, 4) is 0 Å². The van der Waals surface area contributed by atoms with Crippen LogP contribution in [0.2, 0.25) is 0 Å². The molecule has 0 radical (unpaired) electrons. The molecule has 2 heterocycles. The Morgan fingerprint density at radius 2 is 2.00 bits per heavy atom. The number of hydrazone groups is 1. The van der Waals surface area contributed by atoms with Gasteiger partial charge >= 0.3 is 12.0 Å². The minimum absolute atomic E-state index is 0.212. The second-order valence-electron chi connectivity index (χ2n) is 7.77. The molecular weight excluding hydrogens is 428 g/mol. The topological polar surface area (TPSA) is 167 Å². The van der Waals surface area contributed by atoms with Gasteiger partial charge in [-0.25, -0.2) is 9.59 Å². The number of nitrogens with one attached hydrogen (secondary N) is 2. The lowest BCUT2D eigenvalue weighted by Gasteiger charge is -2.29. The molecule has 1 aliphatic heterocycles. The number of nitrogens with zero attached hydrogens (tertiary/aromatic N) is 3. The molecule has 3 amide bonds. The van der Waals surface area contributed by atoms with E-state index >= 15 is 0 Å². The average Bonchev–Trinajstić information content (AvgIpc) is 3.02. The van der Waals surface area contributed by atoms with Crippen LogP contribution >= 0.6 is 0 Å². The number of aromatic nitrogens is 1. The highest BCUT2D eigenvalue weighted by atomic mass is 16.4. The molecule has 2 unspecified atom stereocenters. The van der Waals surface area contributed by atoms with Gasteiger partial charge in [0, 0.05) is 18.8 Å². The van der Waals surface area contributed by atoms with E-state index < -0.39 is 41.3 Å². The third-order valence-electron chi connectivity index (χ3n) is 5.75. The monoisotopic (exact) mass is 452 g/mol. The van der Waals surface area contributed by atoms with Crippen LogP contribution in [0.1, 0.15) is 23.6 Å². The van der Waals surface area contributed by atoms with Crippen molar-refractivity contribution in [3.63, 3.8) is 0 Å². The molecule has 5 N–H and O–H groups in total. The summed E-state index contributed by atoms with van der Waals surface area (Å²) in [6, 6.07) is 9.09. The number of benzene rings is 1. The smallest absolute Gasteiger partial charge is 0.332 e. The number of aliphatic carboxylic acids is 1. The summed E-state index contributed by atoms with van der Waals surface area (Å²) in [5, 5.41) is 18.5. The number of nitrogens with two attached hydrogens (primary N) is 1. The fourth-order valence-electron chi connectivity index (χ4n) is 3.74. The molecule has 3 rings (SSSR count). The zero-order valence-corrected chi connectivity index (χ0v) is 18.1. The lowest BCUT2D eigenvalue weighted by Crippen LogP contribution is -2.61. The zero-order chi connectivity index (χ0) is 24.2. The van der Waals surface area contributed by atoms with Gasteiger partial charge in [-0.1, -0.05) is 30.3 Å². The Balaban J connectivity index is 1.86. The van der Waals surface area contributed by atoms with Gasteiger partial charge in [-0.15, -0.1) is 0 Å². The number of carboxylic acids is 1. The van der Waals surface area contributed by atoms with Crippen molar-refractivity contribution in [2.24, 2.45) is 10.9 Å². The summed E-state index contributed by atoms with van der Waals surface area (Å²) < 4.78 is 0. The molecule has 0 spiro atoms. The minimum atomic E-state index is -2.05. The summed E-state index contributed by atoms with van der Waals surface area (Å²) in [7, 11) is 1.34. The van der Waals surface area contributed by atoms with Crippen molar-refractivity contribution < 1.29 is 24.3 Å². The quantitative estimate of drug-likeness (QED) is 0.136. The third kappa shape index (κ3) is 4.30. The molecule has 1 aliphatic rings. The van der Waals surface area contributed by atoms with Gasteiger partial charge in [0.1, 0.15) is 5.54 Å². The molecule has 172 valence electrons. The first kappa shape index (κ1) is 23.5. The van der Waals surface area contributed by atoms with Gasteiger partial charge < -0.3 is 16.3 Å². The number of carbonyl (C=O) groups excluding carboxylic acids is 3. The summed E-state index contributed by atoms with van der Waals surface area (Å²) >= 11 is 0. The number of carbonyl (C=O) groups is 4. The van der Waals surface area contributed by atoms with Gasteiger partial charge in [0.2, 0.25) is 0 Å². The van der Waals surface area contributed by atoms with Crippen LogP contribution < -0.4 is 16.5 Å². The van der Waals surface area contributed by atoms with E-state index in [1.807, 2.05) is 0 Å². The summed E-state index contributed by atoms with van der Waals surface area (Å²) in [4.78, 5) is 55.8. The van der Waals surface area contributed by atoms with E-state index in [4.69, 9.17) is 5.84 Å². The number of carboxylic acid groups (broad SMARTS) is 1. The molecule has 1 aromatic carbocycles. The van der Waals surface area contributed by atoms with E-state index in [9.17, 15) is 24.3 Å². The highest BCUT2D eigenvalue weighted by molar-refractivity contribution is 6.14. The molecule has 0 saturated carbocycles. The summed E-state index contributed by atoms with van der Waals surface area (Å²) in [6.45, 7) is 0.799. The van der Waals surface area contributed by atoms with Crippen molar-refractivity contribution >= 4 is 29.9 Å². The van der Waals surface area contributed by atoms with Crippen molar-refractivity contribution in [2.45, 2.75) is 24.4 Å². The maximum atomic E-state index is 13.2. The fraction of sp³-hybridized carbons (Fsp3) is 0.273. The maximum absolute atomic E-state index is 13.2. The van der Waals surface area contributed by atoms with E-state index in [0.29, 0.717) is 16.7 Å². The summed E-state index contributed by atoms with van der Waals surface area (Å²) in [5.41, 5.74) is -1.79. The number of likely N-dealkylation sites (N-methyl/N-ethyl adjacent to an activating group) is 1. The SMILES string of the molecule is CNC(Cc1cccnc1)(C(=O)O)C(=O)CN1C(=O)NC(C)(c2ccc(/C=N/N)cc2)C1=O. The molecular formula is C22H24N6O5. The van der Waals surface area contributed by atoms with Crippen LogP contribution in [-0.4, -0.2) is 64.0 Å². The third-order valence-corrected chi connectivity index (χ3v) is 5.75. The van der Waals surface area contributed by atoms with E-state index in [0.717, 1.165) is 4.90 Å². The van der Waals surface area contributed by atoms with Crippen LogP contribution in [-0.2, 0) is 26.3 Å². The molecule has 1 saturated heterocycles. The van der Waals surface area contributed by atoms with E-state index in [2.05, 4.69) is 20.7 Å². The predicted octanol–water partition coefficient (Wildman–Crippen LogP) is -0.00420. The van der Waals surface area contributed by atoms with Gasteiger partial charge in [-0.05, 0) is 36.7 Å². The van der Waals surface area contributed by atoms with Gasteiger partial charge in [0.05, 0.1) is 12.8 Å². The number of hydrogen-bond donors (Lipinski definition) is 4. The van der Waals surface area contributed by atoms with Crippen LogP contribution in [0.15, 0.2) is 53.9 Å². The molecule has 33 heavy (non-hydrogen) atoms. The second-order valence-corrected chi connectivity index (χ2v) is 7.77. The second kappa shape index (κ2) is 9.17. The Morgan fingerprint density at radius 3 is 2.55 bits per heavy atom. The Labute approximate surface area is 189 Å². The number of imide groups is 1. The van der Waals surface area contributed by atoms with Crippen molar-refractivity contribution in [1.82, 2.24) is 20.5 Å². The largest absolute Gasteiger partial charge is 0.480 e. The number of rotatable bonds is 9. The van der Waals surface area contributed by atoms with Crippen LogP contribution in [0, 0.1) is 0 Å². The van der Waals surface area contributed by atoms with Crippen molar-refractivity contribution in [1.29, 1.82) is 0 Å². The molecule has 0 bridgehead atoms. The summed E-state index contributed by atoms with van der Waals surface area (Å²) in [6.07, 6.45) is 4.19. The predicted molar refractivity (Wildman–Crippen MR) is 118 cm³/mol. The van der Waals surface area contributed by atoms with Crippen molar-refractivity contribution in [2.75, 3.05) is 13.6 Å². The van der Waals surface area contributed by atoms with E-state index in [1.54, 1.807) is 36.4 Å². The van der Waals surface area contributed by atoms with Gasteiger partial charge in [-0.2, -0.15) is 5.10 Å². The maximum Gasteiger partial charge on any atom is 0.332 e. The average molecular weight is 452 g/mol. The Kier molecular flexibility index (Phi) is 6.54. The molecule has 0 aliphatic carbocycles. The molecule has 2 aromatic rings. The highest BCUT2D eigenvalue weighted by Crippen LogP contribution is 2.29.